The van der Waals surface area contributed by atoms with Crippen molar-refractivity contribution in [2.75, 3.05) is 26.3 Å². The summed E-state index contributed by atoms with van der Waals surface area (Å²) in [5.41, 5.74) is 3.62. The molecular weight excluding hydrogens is 378 g/mol. The van der Waals surface area contributed by atoms with E-state index in [0.717, 1.165) is 16.8 Å². The summed E-state index contributed by atoms with van der Waals surface area (Å²) in [6, 6.07) is 12.1. The van der Waals surface area contributed by atoms with Gasteiger partial charge in [-0.2, -0.15) is 0 Å². The van der Waals surface area contributed by atoms with E-state index >= 15 is 0 Å². The first-order valence-corrected chi connectivity index (χ1v) is 10.6. The van der Waals surface area contributed by atoms with Crippen LogP contribution in [0.1, 0.15) is 35.2 Å². The summed E-state index contributed by atoms with van der Waals surface area (Å²) in [7, 11) is 0. The lowest BCUT2D eigenvalue weighted by Gasteiger charge is -2.46. The molecule has 0 aliphatic carbocycles. The molecule has 1 aromatic carbocycles. The molecule has 4 rings (SSSR count). The SMILES string of the molecule is Cc1ccc(C2(C(=O)N3CC(C(=O)NCc4ncccc4C)C3)CCOCC2)cc1. The molecule has 0 spiro atoms. The lowest BCUT2D eigenvalue weighted by molar-refractivity contribution is -0.151. The maximum atomic E-state index is 13.5. The fraction of sp³-hybridized carbons (Fsp3) is 0.458. The van der Waals surface area contributed by atoms with Gasteiger partial charge in [0.05, 0.1) is 23.6 Å². The quantitative estimate of drug-likeness (QED) is 0.827. The Morgan fingerprint density at radius 3 is 2.50 bits per heavy atom. The average molecular weight is 408 g/mol. The average Bonchev–Trinajstić information content (AvgIpc) is 2.73. The molecule has 2 aromatic rings. The van der Waals surface area contributed by atoms with E-state index in [2.05, 4.69) is 34.6 Å². The number of nitrogens with one attached hydrogen (secondary N) is 1. The summed E-state index contributed by atoms with van der Waals surface area (Å²) in [5.74, 6) is -0.0485. The molecule has 158 valence electrons. The van der Waals surface area contributed by atoms with Gasteiger partial charge in [0.15, 0.2) is 0 Å². The first-order chi connectivity index (χ1) is 14.5. The van der Waals surface area contributed by atoms with Crippen molar-refractivity contribution in [3.63, 3.8) is 0 Å². The Kier molecular flexibility index (Phi) is 5.86. The van der Waals surface area contributed by atoms with E-state index in [0.29, 0.717) is 45.7 Å². The predicted octanol–water partition coefficient (Wildman–Crippen LogP) is 2.52. The normalized spacial score (nSPS) is 18.5. The molecule has 0 bridgehead atoms. The second-order valence-electron chi connectivity index (χ2n) is 8.45. The van der Waals surface area contributed by atoms with Gasteiger partial charge in [0.2, 0.25) is 11.8 Å². The highest BCUT2D eigenvalue weighted by molar-refractivity contribution is 5.91. The van der Waals surface area contributed by atoms with Crippen LogP contribution in [-0.2, 0) is 26.3 Å². The molecule has 1 N–H and O–H groups in total. The second kappa shape index (κ2) is 8.56. The number of hydrogen-bond acceptors (Lipinski definition) is 4. The van der Waals surface area contributed by atoms with Crippen molar-refractivity contribution in [2.45, 2.75) is 38.6 Å². The number of aryl methyl sites for hydroxylation is 2. The van der Waals surface area contributed by atoms with E-state index in [9.17, 15) is 9.59 Å². The first-order valence-electron chi connectivity index (χ1n) is 10.6. The van der Waals surface area contributed by atoms with Crippen LogP contribution < -0.4 is 5.32 Å². The summed E-state index contributed by atoms with van der Waals surface area (Å²) >= 11 is 0. The van der Waals surface area contributed by atoms with Gasteiger partial charge in [-0.05, 0) is 43.9 Å². The lowest BCUT2D eigenvalue weighted by Crippen LogP contribution is -2.61. The lowest BCUT2D eigenvalue weighted by atomic mass is 9.72. The van der Waals surface area contributed by atoms with Crippen LogP contribution in [0.15, 0.2) is 42.6 Å². The molecule has 30 heavy (non-hydrogen) atoms. The number of benzene rings is 1. The number of nitrogens with zero attached hydrogens (tertiary/aromatic N) is 2. The second-order valence-corrected chi connectivity index (χ2v) is 8.45. The van der Waals surface area contributed by atoms with E-state index in [-0.39, 0.29) is 17.7 Å². The summed E-state index contributed by atoms with van der Waals surface area (Å²) in [4.78, 5) is 32.2. The Balaban J connectivity index is 1.38. The number of aromatic nitrogens is 1. The highest BCUT2D eigenvalue weighted by Gasteiger charge is 2.48. The maximum Gasteiger partial charge on any atom is 0.233 e. The van der Waals surface area contributed by atoms with Gasteiger partial charge in [0.25, 0.3) is 0 Å². The summed E-state index contributed by atoms with van der Waals surface area (Å²) in [6.07, 6.45) is 3.10. The van der Waals surface area contributed by atoms with E-state index in [1.165, 1.54) is 5.56 Å². The number of pyridine rings is 1. The molecule has 2 saturated heterocycles. The molecule has 0 unspecified atom stereocenters. The highest BCUT2D eigenvalue weighted by Crippen LogP contribution is 2.38. The van der Waals surface area contributed by atoms with Crippen LogP contribution in [0.5, 0.6) is 0 Å². The van der Waals surface area contributed by atoms with Crippen LogP contribution in [0.2, 0.25) is 0 Å². The molecule has 0 saturated carbocycles. The Morgan fingerprint density at radius 2 is 1.83 bits per heavy atom. The van der Waals surface area contributed by atoms with Crippen molar-refractivity contribution in [2.24, 2.45) is 5.92 Å². The standard InChI is InChI=1S/C24H29N3O3/c1-17-5-7-20(8-6-17)24(9-12-30-13-10-24)23(29)27-15-19(16-27)22(28)26-14-21-18(2)4-3-11-25-21/h3-8,11,19H,9-10,12-16H2,1-2H3,(H,26,28). The molecule has 2 fully saturated rings. The number of rotatable bonds is 5. The number of carbonyl (C=O) groups is 2. The molecule has 6 heteroatoms. The van der Waals surface area contributed by atoms with Crippen LogP contribution in [-0.4, -0.2) is 48.0 Å². The number of hydrogen-bond donors (Lipinski definition) is 1. The highest BCUT2D eigenvalue weighted by atomic mass is 16.5. The van der Waals surface area contributed by atoms with Crippen molar-refractivity contribution < 1.29 is 14.3 Å². The van der Waals surface area contributed by atoms with Crippen LogP contribution in [0.4, 0.5) is 0 Å². The molecule has 6 nitrogen and oxygen atoms in total. The minimum atomic E-state index is -0.543. The number of ether oxygens (including phenoxy) is 1. The Labute approximate surface area is 177 Å². The molecule has 3 heterocycles. The largest absolute Gasteiger partial charge is 0.381 e. The predicted molar refractivity (Wildman–Crippen MR) is 114 cm³/mol. The third kappa shape index (κ3) is 3.97. The molecule has 2 aliphatic heterocycles. The number of likely N-dealkylation sites (tertiary alicyclic amines) is 1. The Morgan fingerprint density at radius 1 is 1.13 bits per heavy atom. The van der Waals surface area contributed by atoms with Gasteiger partial charge in [-0.25, -0.2) is 0 Å². The van der Waals surface area contributed by atoms with Gasteiger partial charge in [0, 0.05) is 32.5 Å². The van der Waals surface area contributed by atoms with Crippen molar-refractivity contribution in [1.29, 1.82) is 0 Å². The minimum absolute atomic E-state index is 0.0135. The molecular formula is C24H29N3O3. The Hall–Kier alpha value is -2.73. The molecule has 0 radical (unpaired) electrons. The summed E-state index contributed by atoms with van der Waals surface area (Å²) in [6.45, 7) is 6.56. The zero-order chi connectivity index (χ0) is 21.1. The smallest absolute Gasteiger partial charge is 0.233 e. The van der Waals surface area contributed by atoms with E-state index in [1.807, 2.05) is 30.9 Å². The Bertz CT molecular complexity index is 914. The van der Waals surface area contributed by atoms with E-state index in [1.54, 1.807) is 6.20 Å². The van der Waals surface area contributed by atoms with Crippen LogP contribution in [0.3, 0.4) is 0 Å². The van der Waals surface area contributed by atoms with Gasteiger partial charge in [-0.15, -0.1) is 0 Å². The summed E-state index contributed by atoms with van der Waals surface area (Å²) < 4.78 is 5.55. The zero-order valence-electron chi connectivity index (χ0n) is 17.7. The fourth-order valence-electron chi connectivity index (χ4n) is 4.35. The third-order valence-electron chi connectivity index (χ3n) is 6.45. The topological polar surface area (TPSA) is 71.5 Å². The summed E-state index contributed by atoms with van der Waals surface area (Å²) in [5, 5.41) is 2.97. The molecule has 0 atom stereocenters. The van der Waals surface area contributed by atoms with Crippen LogP contribution in [0.25, 0.3) is 0 Å². The van der Waals surface area contributed by atoms with Gasteiger partial charge in [-0.3, -0.25) is 14.6 Å². The minimum Gasteiger partial charge on any atom is -0.381 e. The van der Waals surface area contributed by atoms with Crippen molar-refractivity contribution >= 4 is 11.8 Å². The van der Waals surface area contributed by atoms with Crippen molar-refractivity contribution in [1.82, 2.24) is 15.2 Å². The van der Waals surface area contributed by atoms with Crippen molar-refractivity contribution in [3.8, 4) is 0 Å². The van der Waals surface area contributed by atoms with Crippen LogP contribution >= 0.6 is 0 Å². The number of carbonyl (C=O) groups excluding carboxylic acids is 2. The molecule has 2 amide bonds. The van der Waals surface area contributed by atoms with Gasteiger partial charge in [-0.1, -0.05) is 35.9 Å². The first kappa shape index (κ1) is 20.5. The maximum absolute atomic E-state index is 13.5. The van der Waals surface area contributed by atoms with Gasteiger partial charge < -0.3 is 15.0 Å². The van der Waals surface area contributed by atoms with E-state index < -0.39 is 5.41 Å². The fourth-order valence-corrected chi connectivity index (χ4v) is 4.35. The molecule has 2 aliphatic rings. The van der Waals surface area contributed by atoms with E-state index in [4.69, 9.17) is 4.74 Å². The monoisotopic (exact) mass is 407 g/mol. The van der Waals surface area contributed by atoms with Gasteiger partial charge >= 0.3 is 0 Å². The van der Waals surface area contributed by atoms with Crippen molar-refractivity contribution in [3.05, 3.63) is 65.0 Å². The number of amides is 2. The third-order valence-corrected chi connectivity index (χ3v) is 6.45. The zero-order valence-corrected chi connectivity index (χ0v) is 17.7. The van der Waals surface area contributed by atoms with Gasteiger partial charge in [0.1, 0.15) is 0 Å². The van der Waals surface area contributed by atoms with Crippen LogP contribution in [0, 0.1) is 19.8 Å². The molecule has 1 aromatic heterocycles.